The molecule has 0 amide bonds. The summed E-state index contributed by atoms with van der Waals surface area (Å²) in [5.41, 5.74) is 0. The van der Waals surface area contributed by atoms with Crippen molar-refractivity contribution < 1.29 is 23.0 Å². The second-order valence-electron chi connectivity index (χ2n) is 4.82. The summed E-state index contributed by atoms with van der Waals surface area (Å²) in [6.45, 7) is 0.811. The molecule has 2 rings (SSSR count). The van der Waals surface area contributed by atoms with Crippen LogP contribution in [0, 0.1) is 0 Å². The summed E-state index contributed by atoms with van der Waals surface area (Å²) in [6.07, 6.45) is 3.29. The molecule has 1 heterocycles. The molecular formula is C14H20O5S. The van der Waals surface area contributed by atoms with Gasteiger partial charge in [0.25, 0.3) is 0 Å². The van der Waals surface area contributed by atoms with Crippen molar-refractivity contribution in [1.29, 1.82) is 0 Å². The van der Waals surface area contributed by atoms with E-state index in [0.29, 0.717) is 12.4 Å². The Morgan fingerprint density at radius 1 is 1.35 bits per heavy atom. The van der Waals surface area contributed by atoms with Gasteiger partial charge in [-0.05, 0) is 37.5 Å². The average Bonchev–Trinajstić information content (AvgIpc) is 2.46. The number of ether oxygens (including phenoxy) is 2. The van der Waals surface area contributed by atoms with Crippen molar-refractivity contribution in [1.82, 2.24) is 0 Å². The summed E-state index contributed by atoms with van der Waals surface area (Å²) < 4.78 is 34.9. The SMILES string of the molecule is O=S(=O)(CCO)c1cccc(OC[C@@H]2CCCCO2)c1. The quantitative estimate of drug-likeness (QED) is 0.859. The Balaban J connectivity index is 1.98. The highest BCUT2D eigenvalue weighted by molar-refractivity contribution is 7.91. The topological polar surface area (TPSA) is 72.8 Å². The van der Waals surface area contributed by atoms with Gasteiger partial charge < -0.3 is 14.6 Å². The molecule has 0 radical (unpaired) electrons. The maximum atomic E-state index is 11.9. The lowest BCUT2D eigenvalue weighted by atomic mass is 10.1. The third-order valence-electron chi connectivity index (χ3n) is 3.23. The Hall–Kier alpha value is -1.11. The molecule has 1 N–H and O–H groups in total. The van der Waals surface area contributed by atoms with Crippen molar-refractivity contribution in [2.45, 2.75) is 30.3 Å². The first-order valence-electron chi connectivity index (χ1n) is 6.80. The van der Waals surface area contributed by atoms with Crippen LogP contribution in [0.1, 0.15) is 19.3 Å². The number of hydrogen-bond acceptors (Lipinski definition) is 5. The fourth-order valence-corrected chi connectivity index (χ4v) is 3.18. The van der Waals surface area contributed by atoms with Crippen LogP contribution in [-0.2, 0) is 14.6 Å². The highest BCUT2D eigenvalue weighted by atomic mass is 32.2. The van der Waals surface area contributed by atoms with Gasteiger partial charge in [-0.25, -0.2) is 8.42 Å². The first kappa shape index (κ1) is 15.3. The molecule has 20 heavy (non-hydrogen) atoms. The summed E-state index contributed by atoms with van der Waals surface area (Å²) in [6, 6.07) is 6.37. The minimum absolute atomic E-state index is 0.0847. The number of benzene rings is 1. The van der Waals surface area contributed by atoms with E-state index in [1.165, 1.54) is 12.1 Å². The van der Waals surface area contributed by atoms with E-state index in [0.717, 1.165) is 25.9 Å². The average molecular weight is 300 g/mol. The molecule has 0 unspecified atom stereocenters. The Morgan fingerprint density at radius 3 is 2.90 bits per heavy atom. The molecule has 1 aromatic carbocycles. The summed E-state index contributed by atoms with van der Waals surface area (Å²) in [5, 5.41) is 8.78. The smallest absolute Gasteiger partial charge is 0.180 e. The van der Waals surface area contributed by atoms with Gasteiger partial charge in [-0.1, -0.05) is 6.07 Å². The molecule has 1 aliphatic heterocycles. The van der Waals surface area contributed by atoms with Crippen molar-refractivity contribution >= 4 is 9.84 Å². The van der Waals surface area contributed by atoms with E-state index in [1.54, 1.807) is 12.1 Å². The predicted octanol–water partition coefficient (Wildman–Crippen LogP) is 1.40. The van der Waals surface area contributed by atoms with Crippen molar-refractivity contribution in [3.05, 3.63) is 24.3 Å². The van der Waals surface area contributed by atoms with Crippen LogP contribution in [0.25, 0.3) is 0 Å². The molecule has 0 aliphatic carbocycles. The second-order valence-corrected chi connectivity index (χ2v) is 6.93. The van der Waals surface area contributed by atoms with Crippen LogP contribution in [-0.4, -0.2) is 45.2 Å². The van der Waals surface area contributed by atoms with Gasteiger partial charge in [-0.15, -0.1) is 0 Å². The van der Waals surface area contributed by atoms with Gasteiger partial charge in [0.2, 0.25) is 0 Å². The Kier molecular flexibility index (Phi) is 5.39. The predicted molar refractivity (Wildman–Crippen MR) is 74.7 cm³/mol. The van der Waals surface area contributed by atoms with Crippen molar-refractivity contribution in [2.75, 3.05) is 25.6 Å². The number of aliphatic hydroxyl groups is 1. The molecule has 0 bridgehead atoms. The van der Waals surface area contributed by atoms with Crippen LogP contribution in [0.4, 0.5) is 0 Å². The number of aliphatic hydroxyl groups excluding tert-OH is 1. The molecule has 1 fully saturated rings. The Labute approximate surface area is 119 Å². The normalized spacial score (nSPS) is 19.8. The number of rotatable bonds is 6. The molecule has 0 aromatic heterocycles. The van der Waals surface area contributed by atoms with Crippen LogP contribution in [0.5, 0.6) is 5.75 Å². The molecule has 112 valence electrons. The summed E-state index contributed by atoms with van der Waals surface area (Å²) in [7, 11) is -3.44. The van der Waals surface area contributed by atoms with Crippen LogP contribution in [0.3, 0.4) is 0 Å². The van der Waals surface area contributed by atoms with Gasteiger partial charge in [0, 0.05) is 6.61 Å². The zero-order valence-electron chi connectivity index (χ0n) is 11.3. The van der Waals surface area contributed by atoms with Crippen LogP contribution < -0.4 is 4.74 Å². The van der Waals surface area contributed by atoms with Crippen molar-refractivity contribution in [2.24, 2.45) is 0 Å². The first-order chi connectivity index (χ1) is 9.62. The summed E-state index contributed by atoms with van der Waals surface area (Å²) >= 11 is 0. The van der Waals surface area contributed by atoms with E-state index in [2.05, 4.69) is 0 Å². The fraction of sp³-hybridized carbons (Fsp3) is 0.571. The monoisotopic (exact) mass is 300 g/mol. The van der Waals surface area contributed by atoms with Gasteiger partial charge in [-0.3, -0.25) is 0 Å². The van der Waals surface area contributed by atoms with Crippen LogP contribution in [0.15, 0.2) is 29.2 Å². The molecule has 6 heteroatoms. The van der Waals surface area contributed by atoms with E-state index in [1.807, 2.05) is 0 Å². The second kappa shape index (κ2) is 7.06. The Morgan fingerprint density at radius 2 is 2.20 bits per heavy atom. The van der Waals surface area contributed by atoms with Gasteiger partial charge in [0.15, 0.2) is 9.84 Å². The molecule has 0 spiro atoms. The standard InChI is InChI=1S/C14H20O5S/c15-7-9-20(16,17)14-6-3-5-12(10-14)19-11-13-4-1-2-8-18-13/h3,5-6,10,13,15H,1-2,4,7-9,11H2/t13-/m0/s1. The number of hydrogen-bond donors (Lipinski definition) is 1. The maximum absolute atomic E-state index is 11.9. The molecule has 1 aromatic rings. The molecular weight excluding hydrogens is 280 g/mol. The summed E-state index contributed by atoms with van der Waals surface area (Å²) in [4.78, 5) is 0.175. The molecule has 1 atom stereocenters. The molecule has 1 aliphatic rings. The van der Waals surface area contributed by atoms with Crippen LogP contribution in [0.2, 0.25) is 0 Å². The zero-order chi connectivity index (χ0) is 14.4. The maximum Gasteiger partial charge on any atom is 0.180 e. The van der Waals surface area contributed by atoms with Gasteiger partial charge in [0.05, 0.1) is 23.4 Å². The van der Waals surface area contributed by atoms with Gasteiger partial charge in [0.1, 0.15) is 12.4 Å². The Bertz CT molecular complexity index is 520. The number of sulfone groups is 1. The molecule has 1 saturated heterocycles. The largest absolute Gasteiger partial charge is 0.491 e. The zero-order valence-corrected chi connectivity index (χ0v) is 12.1. The highest BCUT2D eigenvalue weighted by Crippen LogP contribution is 2.20. The van der Waals surface area contributed by atoms with Crippen molar-refractivity contribution in [3.63, 3.8) is 0 Å². The van der Waals surface area contributed by atoms with E-state index in [9.17, 15) is 8.42 Å². The highest BCUT2D eigenvalue weighted by Gasteiger charge is 2.16. The summed E-state index contributed by atoms with van der Waals surface area (Å²) in [5.74, 6) is 0.237. The third kappa shape index (κ3) is 4.19. The molecule has 5 nitrogen and oxygen atoms in total. The van der Waals surface area contributed by atoms with Crippen molar-refractivity contribution in [3.8, 4) is 5.75 Å². The third-order valence-corrected chi connectivity index (χ3v) is 4.93. The minimum atomic E-state index is -3.44. The van der Waals surface area contributed by atoms with Crippen LogP contribution >= 0.6 is 0 Å². The van der Waals surface area contributed by atoms with Gasteiger partial charge >= 0.3 is 0 Å². The lowest BCUT2D eigenvalue weighted by Crippen LogP contribution is -2.25. The van der Waals surface area contributed by atoms with E-state index in [-0.39, 0.29) is 23.4 Å². The van der Waals surface area contributed by atoms with Gasteiger partial charge in [-0.2, -0.15) is 0 Å². The lowest BCUT2D eigenvalue weighted by Gasteiger charge is -2.22. The lowest BCUT2D eigenvalue weighted by molar-refractivity contribution is -0.0111. The van der Waals surface area contributed by atoms with E-state index in [4.69, 9.17) is 14.6 Å². The van der Waals surface area contributed by atoms with E-state index >= 15 is 0 Å². The van der Waals surface area contributed by atoms with E-state index < -0.39 is 9.84 Å². The molecule has 0 saturated carbocycles. The first-order valence-corrected chi connectivity index (χ1v) is 8.45. The fourth-order valence-electron chi connectivity index (χ4n) is 2.12. The minimum Gasteiger partial charge on any atom is -0.491 e.